The van der Waals surface area contributed by atoms with Gasteiger partial charge in [-0.1, -0.05) is 60.7 Å². The number of likely N-dealkylation sites (N-methyl/N-ethyl adjacent to an activating group) is 4. The Balaban J connectivity index is 1.55. The van der Waals surface area contributed by atoms with Crippen molar-refractivity contribution < 1.29 is 0 Å². The Hall–Kier alpha value is -7.09. The number of benzene rings is 2. The van der Waals surface area contributed by atoms with Gasteiger partial charge in [-0.25, -0.2) is 34.9 Å². The number of aliphatic imine (C=N–C) groups is 4. The van der Waals surface area contributed by atoms with Crippen molar-refractivity contribution in [2.24, 2.45) is 30.0 Å². The maximum atomic E-state index is 5.34. The van der Waals surface area contributed by atoms with Gasteiger partial charge >= 0.3 is 0 Å². The van der Waals surface area contributed by atoms with Crippen LogP contribution in [0.3, 0.4) is 0 Å². The van der Waals surface area contributed by atoms with E-state index in [1.165, 1.54) is 0 Å². The minimum atomic E-state index is 0.484. The molecule has 8 bridgehead atoms. The second-order valence-corrected chi connectivity index (χ2v) is 15.9. The summed E-state index contributed by atoms with van der Waals surface area (Å²) in [6, 6.07) is 27.3. The van der Waals surface area contributed by atoms with Gasteiger partial charge in [0.25, 0.3) is 0 Å². The molecular weight excluding hydrogens is 737 g/mol. The first-order valence-corrected chi connectivity index (χ1v) is 19.4. The molecule has 1 aromatic heterocycles. The first kappa shape index (κ1) is 38.8. The zero-order valence-corrected chi connectivity index (χ0v) is 35.8. The fourth-order valence-corrected chi connectivity index (χ4v) is 7.74. The molecule has 0 saturated carbocycles. The number of nitrogens with one attached hydrogen (secondary N) is 1. The molecule has 14 heteroatoms. The molecule has 2 aromatic carbocycles. The fourth-order valence-electron chi connectivity index (χ4n) is 7.74. The average Bonchev–Trinajstić information content (AvgIpc) is 3.89. The molecule has 0 unspecified atom stereocenters. The van der Waals surface area contributed by atoms with Gasteiger partial charge in [0, 0.05) is 95.7 Å². The number of amidine groups is 4. The average molecular weight is 787 g/mol. The monoisotopic (exact) mass is 786 g/mol. The molecule has 300 valence electrons. The third kappa shape index (κ3) is 6.89. The standard InChI is InChI=1S/C45H50N14/c1-54(2)32-34(56(5)6)42-49-40(32)47-38-30-24-28(26-19-15-13-16-20-26)23-29(27-21-17-14-18-22-27)25-31(30)39(46-38)48-41-33(55(3)4)35(57(7)8)43(50-41)52-45-37(59(11)12)36(58(9)10)44(51-42)53-45/h13-25H,1-12H3,(H,46,47,48,49,50,51,52,53). The number of hydrogen-bond acceptors (Lipinski definition) is 13. The number of H-pyrrole nitrogens is 1. The number of fused-ring (bicyclic) bond motifs is 9. The van der Waals surface area contributed by atoms with Crippen molar-refractivity contribution in [2.75, 3.05) is 94.4 Å². The van der Waals surface area contributed by atoms with Crippen LogP contribution in [-0.4, -0.2) is 137 Å². The summed E-state index contributed by atoms with van der Waals surface area (Å²) in [6.07, 6.45) is 0. The van der Waals surface area contributed by atoms with E-state index in [1.54, 1.807) is 0 Å². The van der Waals surface area contributed by atoms with Gasteiger partial charge < -0.3 is 34.4 Å². The Morgan fingerprint density at radius 3 is 1.02 bits per heavy atom. The van der Waals surface area contributed by atoms with E-state index >= 15 is 0 Å². The number of rotatable bonds is 8. The molecule has 5 aliphatic rings. The maximum absolute atomic E-state index is 5.34. The smallest absolute Gasteiger partial charge is 0.182 e. The van der Waals surface area contributed by atoms with Crippen LogP contribution in [0.15, 0.2) is 132 Å². The van der Waals surface area contributed by atoms with Gasteiger partial charge in [0.15, 0.2) is 46.0 Å². The summed E-state index contributed by atoms with van der Waals surface area (Å²) in [4.78, 5) is 52.6. The number of aromatic nitrogens is 2. The SMILES string of the molecule is CN(C)C1=C(N(C)C)C2=Nc3nc(c4cc(-c5ccccc5)cc(-c5ccccc5)cc3-4)N=C3N=C(N=c4[nH]c(c(N(C)C)c4N(C)C)=NC1=N2)C(N(C)C)=C3N(C)C. The second kappa shape index (κ2) is 15.0. The van der Waals surface area contributed by atoms with Crippen molar-refractivity contribution >= 4 is 46.4 Å². The number of nitrogens with zero attached hydrogens (tertiary/aromatic N) is 13. The van der Waals surface area contributed by atoms with E-state index in [1.807, 2.05) is 126 Å². The summed E-state index contributed by atoms with van der Waals surface area (Å²) in [5.74, 6) is 2.95. The normalized spacial score (nSPS) is 14.6. The third-order valence-corrected chi connectivity index (χ3v) is 10.3. The van der Waals surface area contributed by atoms with Crippen LogP contribution in [-0.2, 0) is 0 Å². The summed E-state index contributed by atoms with van der Waals surface area (Å²) < 4.78 is 0. The molecule has 4 aliphatic heterocycles. The van der Waals surface area contributed by atoms with Crippen molar-refractivity contribution in [1.29, 1.82) is 0 Å². The highest BCUT2D eigenvalue weighted by Gasteiger charge is 2.33. The largest absolute Gasteiger partial charge is 0.373 e. The van der Waals surface area contributed by atoms with E-state index in [0.29, 0.717) is 46.0 Å². The summed E-state index contributed by atoms with van der Waals surface area (Å²) in [6.45, 7) is 0. The van der Waals surface area contributed by atoms with Crippen LogP contribution in [0.1, 0.15) is 0 Å². The van der Waals surface area contributed by atoms with Gasteiger partial charge in [0.2, 0.25) is 0 Å². The molecule has 0 saturated heterocycles. The zero-order valence-electron chi connectivity index (χ0n) is 35.8. The Bertz CT molecular complexity index is 2580. The van der Waals surface area contributed by atoms with E-state index in [0.717, 1.165) is 67.5 Å². The predicted molar refractivity (Wildman–Crippen MR) is 241 cm³/mol. The first-order valence-electron chi connectivity index (χ1n) is 19.4. The third-order valence-electron chi connectivity index (χ3n) is 10.3. The van der Waals surface area contributed by atoms with Crippen LogP contribution in [0, 0.1) is 0 Å². The highest BCUT2D eigenvalue weighted by molar-refractivity contribution is 6.22. The van der Waals surface area contributed by atoms with Gasteiger partial charge in [0.1, 0.15) is 34.2 Å². The van der Waals surface area contributed by atoms with Gasteiger partial charge in [0.05, 0.1) is 0 Å². The molecule has 59 heavy (non-hydrogen) atoms. The van der Waals surface area contributed by atoms with E-state index in [-0.39, 0.29) is 0 Å². The summed E-state index contributed by atoms with van der Waals surface area (Å²) in [7, 11) is 24.0. The lowest BCUT2D eigenvalue weighted by Gasteiger charge is -2.21. The van der Waals surface area contributed by atoms with Crippen LogP contribution < -0.4 is 20.8 Å². The first-order chi connectivity index (χ1) is 28.2. The minimum absolute atomic E-state index is 0.484. The quantitative estimate of drug-likeness (QED) is 0.221. The Kier molecular flexibility index (Phi) is 9.86. The Morgan fingerprint density at radius 1 is 0.356 bits per heavy atom. The maximum Gasteiger partial charge on any atom is 0.182 e. The van der Waals surface area contributed by atoms with E-state index in [9.17, 15) is 0 Å². The molecule has 1 aliphatic carbocycles. The fraction of sp³-hybridized carbons (Fsp3) is 0.267. The molecule has 8 rings (SSSR count). The van der Waals surface area contributed by atoms with Crippen LogP contribution in [0.25, 0.3) is 33.4 Å². The van der Waals surface area contributed by atoms with E-state index in [2.05, 4.69) is 71.7 Å². The molecule has 0 spiro atoms. The van der Waals surface area contributed by atoms with Gasteiger partial charge in [-0.05, 0) is 40.5 Å². The molecule has 3 aromatic rings. The molecule has 0 radical (unpaired) electrons. The van der Waals surface area contributed by atoms with Crippen molar-refractivity contribution in [3.05, 3.63) is 113 Å². The topological polar surface area (TPSA) is 122 Å². The summed E-state index contributed by atoms with van der Waals surface area (Å²) >= 11 is 0. The van der Waals surface area contributed by atoms with Crippen LogP contribution >= 0.6 is 0 Å². The Labute approximate surface area is 345 Å². The number of anilines is 2. The highest BCUT2D eigenvalue weighted by atomic mass is 15.3. The Morgan fingerprint density at radius 2 is 0.695 bits per heavy atom. The highest BCUT2D eigenvalue weighted by Crippen LogP contribution is 2.45. The van der Waals surface area contributed by atoms with Gasteiger partial charge in [-0.2, -0.15) is 0 Å². The van der Waals surface area contributed by atoms with Crippen molar-refractivity contribution in [3.63, 3.8) is 0 Å². The molecule has 1 N–H and O–H groups in total. The number of hydrogen-bond donors (Lipinski definition) is 1. The summed E-state index contributed by atoms with van der Waals surface area (Å²) in [5.41, 5.74) is 12.0. The molecule has 0 fully saturated rings. The van der Waals surface area contributed by atoms with Crippen molar-refractivity contribution in [3.8, 4) is 33.4 Å². The second-order valence-electron chi connectivity index (χ2n) is 15.9. The molecule has 14 nitrogen and oxygen atoms in total. The van der Waals surface area contributed by atoms with Gasteiger partial charge in [-0.15, -0.1) is 0 Å². The predicted octanol–water partition coefficient (Wildman–Crippen LogP) is 5.49. The van der Waals surface area contributed by atoms with Crippen LogP contribution in [0.4, 0.5) is 23.0 Å². The van der Waals surface area contributed by atoms with Crippen LogP contribution in [0.2, 0.25) is 0 Å². The molecule has 5 heterocycles. The van der Waals surface area contributed by atoms with E-state index < -0.39 is 0 Å². The lowest BCUT2D eigenvalue weighted by Crippen LogP contribution is -2.26. The summed E-state index contributed by atoms with van der Waals surface area (Å²) in [5, 5.41) is 0. The van der Waals surface area contributed by atoms with Crippen molar-refractivity contribution in [2.45, 2.75) is 0 Å². The lowest BCUT2D eigenvalue weighted by atomic mass is 10.0. The van der Waals surface area contributed by atoms with E-state index in [4.69, 9.17) is 34.9 Å². The zero-order chi connectivity index (χ0) is 41.9. The van der Waals surface area contributed by atoms with Gasteiger partial charge in [-0.3, -0.25) is 0 Å². The lowest BCUT2D eigenvalue weighted by molar-refractivity contribution is 0.480. The molecular formula is C45H50N14. The van der Waals surface area contributed by atoms with Crippen molar-refractivity contribution in [1.82, 2.24) is 29.6 Å². The number of aromatic amines is 1. The molecule has 0 amide bonds. The minimum Gasteiger partial charge on any atom is -0.373 e. The molecule has 0 atom stereocenters. The van der Waals surface area contributed by atoms with Crippen LogP contribution in [0.5, 0.6) is 0 Å².